The van der Waals surface area contributed by atoms with Gasteiger partial charge in [-0.05, 0) is 30.7 Å². The predicted molar refractivity (Wildman–Crippen MR) is 79.9 cm³/mol. The molecule has 1 aliphatic rings. The van der Waals surface area contributed by atoms with Crippen LogP contribution in [0.2, 0.25) is 0 Å². The number of aryl methyl sites for hydroxylation is 1. The Labute approximate surface area is 127 Å². The molecule has 0 saturated heterocycles. The maximum Gasteiger partial charge on any atom is 0.253 e. The third-order valence-corrected chi connectivity index (χ3v) is 3.45. The van der Waals surface area contributed by atoms with E-state index >= 15 is 0 Å². The van der Waals surface area contributed by atoms with E-state index in [0.717, 1.165) is 5.56 Å². The van der Waals surface area contributed by atoms with Crippen molar-refractivity contribution in [2.45, 2.75) is 20.0 Å². The summed E-state index contributed by atoms with van der Waals surface area (Å²) < 4.78 is 11.9. The minimum atomic E-state index is -0.217. The molecule has 0 fully saturated rings. The Balaban J connectivity index is 1.61. The van der Waals surface area contributed by atoms with E-state index in [1.165, 1.54) is 4.57 Å². The first-order chi connectivity index (χ1) is 10.6. The molecule has 0 bridgehead atoms. The molecule has 114 valence electrons. The topological polar surface area (TPSA) is 69.6 Å². The second-order valence-corrected chi connectivity index (χ2v) is 5.09. The Morgan fingerprint density at radius 3 is 2.95 bits per heavy atom. The van der Waals surface area contributed by atoms with E-state index in [9.17, 15) is 9.59 Å². The molecule has 2 aromatic rings. The lowest BCUT2D eigenvalue weighted by atomic mass is 10.2. The number of carbonyl (C=O) groups is 1. The van der Waals surface area contributed by atoms with Gasteiger partial charge < -0.3 is 19.4 Å². The van der Waals surface area contributed by atoms with Gasteiger partial charge in [0.15, 0.2) is 11.5 Å². The monoisotopic (exact) mass is 300 g/mol. The molecular formula is C16H16N2O4. The largest absolute Gasteiger partial charge is 0.454 e. The lowest BCUT2D eigenvalue weighted by Crippen LogP contribution is -2.32. The third kappa shape index (κ3) is 2.95. The van der Waals surface area contributed by atoms with Crippen molar-refractivity contribution in [3.8, 4) is 11.5 Å². The van der Waals surface area contributed by atoms with Crippen molar-refractivity contribution in [1.29, 1.82) is 0 Å². The molecule has 3 rings (SSSR count). The predicted octanol–water partition coefficient (Wildman–Crippen LogP) is 1.20. The zero-order valence-electron chi connectivity index (χ0n) is 12.2. The highest BCUT2D eigenvalue weighted by Crippen LogP contribution is 2.32. The van der Waals surface area contributed by atoms with Crippen LogP contribution in [-0.2, 0) is 17.9 Å². The van der Waals surface area contributed by atoms with Crippen LogP contribution in [0, 0.1) is 6.92 Å². The van der Waals surface area contributed by atoms with E-state index in [1.54, 1.807) is 25.3 Å². The molecule has 1 aromatic carbocycles. The van der Waals surface area contributed by atoms with Crippen LogP contribution < -0.4 is 20.3 Å². The number of rotatable bonds is 4. The van der Waals surface area contributed by atoms with Crippen molar-refractivity contribution in [2.75, 3.05) is 6.79 Å². The molecule has 1 aromatic heterocycles. The van der Waals surface area contributed by atoms with E-state index in [4.69, 9.17) is 9.47 Å². The van der Waals surface area contributed by atoms with Crippen molar-refractivity contribution in [2.24, 2.45) is 0 Å². The van der Waals surface area contributed by atoms with E-state index < -0.39 is 0 Å². The van der Waals surface area contributed by atoms with E-state index in [2.05, 4.69) is 5.32 Å². The number of nitrogens with one attached hydrogen (secondary N) is 1. The van der Waals surface area contributed by atoms with Crippen LogP contribution in [0.5, 0.6) is 11.5 Å². The summed E-state index contributed by atoms with van der Waals surface area (Å²) in [5.41, 5.74) is 1.38. The Kier molecular flexibility index (Phi) is 3.82. The fourth-order valence-corrected chi connectivity index (χ4v) is 2.24. The number of amides is 1. The van der Waals surface area contributed by atoms with Crippen molar-refractivity contribution in [1.82, 2.24) is 9.88 Å². The average molecular weight is 300 g/mol. The molecule has 0 radical (unpaired) electrons. The molecule has 0 saturated carbocycles. The van der Waals surface area contributed by atoms with Crippen LogP contribution in [0.3, 0.4) is 0 Å². The fraction of sp³-hybridized carbons (Fsp3) is 0.250. The van der Waals surface area contributed by atoms with Crippen LogP contribution in [0.1, 0.15) is 11.1 Å². The van der Waals surface area contributed by atoms with Gasteiger partial charge in [-0.1, -0.05) is 12.1 Å². The van der Waals surface area contributed by atoms with E-state index in [1.807, 2.05) is 18.2 Å². The van der Waals surface area contributed by atoms with Crippen molar-refractivity contribution >= 4 is 5.91 Å². The van der Waals surface area contributed by atoms with Crippen LogP contribution in [-0.4, -0.2) is 17.3 Å². The van der Waals surface area contributed by atoms with Crippen LogP contribution >= 0.6 is 0 Å². The first-order valence-corrected chi connectivity index (χ1v) is 6.95. The molecule has 1 N–H and O–H groups in total. The highest BCUT2D eigenvalue weighted by atomic mass is 16.7. The molecule has 1 amide bonds. The molecule has 6 nitrogen and oxygen atoms in total. The van der Waals surface area contributed by atoms with Crippen LogP contribution in [0.25, 0.3) is 0 Å². The summed E-state index contributed by atoms with van der Waals surface area (Å²) in [6.07, 6.45) is 1.61. The highest BCUT2D eigenvalue weighted by molar-refractivity contribution is 5.75. The fourth-order valence-electron chi connectivity index (χ4n) is 2.24. The van der Waals surface area contributed by atoms with Gasteiger partial charge in [0.1, 0.15) is 6.54 Å². The van der Waals surface area contributed by atoms with Crippen molar-refractivity contribution < 1.29 is 14.3 Å². The molecular weight excluding hydrogens is 284 g/mol. The lowest BCUT2D eigenvalue weighted by Gasteiger charge is -2.08. The number of aromatic nitrogens is 1. The van der Waals surface area contributed by atoms with Crippen LogP contribution in [0.4, 0.5) is 0 Å². The van der Waals surface area contributed by atoms with Gasteiger partial charge in [0.05, 0.1) is 0 Å². The smallest absolute Gasteiger partial charge is 0.253 e. The molecule has 22 heavy (non-hydrogen) atoms. The minimum absolute atomic E-state index is 0.00502. The Hall–Kier alpha value is -2.76. The number of nitrogens with zero attached hydrogens (tertiary/aromatic N) is 1. The summed E-state index contributed by atoms with van der Waals surface area (Å²) in [7, 11) is 0. The van der Waals surface area contributed by atoms with E-state index in [0.29, 0.717) is 23.6 Å². The first kappa shape index (κ1) is 14.2. The summed E-state index contributed by atoms with van der Waals surface area (Å²) in [6.45, 7) is 2.33. The first-order valence-electron chi connectivity index (χ1n) is 6.95. The second-order valence-electron chi connectivity index (χ2n) is 5.09. The SMILES string of the molecule is Cc1cccn(CC(=O)NCc2ccc3c(c2)OCO3)c1=O. The van der Waals surface area contributed by atoms with Gasteiger partial charge in [0.25, 0.3) is 5.56 Å². The summed E-state index contributed by atoms with van der Waals surface area (Å²) in [5, 5.41) is 2.79. The summed E-state index contributed by atoms with van der Waals surface area (Å²) in [6, 6.07) is 8.99. The standard InChI is InChI=1S/C16H16N2O4/c1-11-3-2-6-18(16(11)20)9-15(19)17-8-12-4-5-13-14(7-12)22-10-21-13/h2-7H,8-10H2,1H3,(H,17,19). The Morgan fingerprint density at radius 1 is 1.27 bits per heavy atom. The molecule has 0 unspecified atom stereocenters. The zero-order valence-corrected chi connectivity index (χ0v) is 12.2. The summed E-state index contributed by atoms with van der Waals surface area (Å²) >= 11 is 0. The quantitative estimate of drug-likeness (QED) is 0.921. The molecule has 0 aliphatic carbocycles. The van der Waals surface area contributed by atoms with Gasteiger partial charge >= 0.3 is 0 Å². The minimum Gasteiger partial charge on any atom is -0.454 e. The van der Waals surface area contributed by atoms with Gasteiger partial charge in [-0.25, -0.2) is 0 Å². The Bertz CT molecular complexity index is 767. The normalized spacial score (nSPS) is 12.2. The Morgan fingerprint density at radius 2 is 2.09 bits per heavy atom. The average Bonchev–Trinajstić information content (AvgIpc) is 2.97. The summed E-state index contributed by atoms with van der Waals surface area (Å²) in [5.74, 6) is 1.17. The molecule has 0 atom stereocenters. The van der Waals surface area contributed by atoms with Gasteiger partial charge in [0.2, 0.25) is 12.7 Å². The number of ether oxygens (including phenoxy) is 2. The highest BCUT2D eigenvalue weighted by Gasteiger charge is 2.13. The third-order valence-electron chi connectivity index (χ3n) is 3.45. The summed E-state index contributed by atoms with van der Waals surface area (Å²) in [4.78, 5) is 23.8. The molecule has 1 aliphatic heterocycles. The lowest BCUT2D eigenvalue weighted by molar-refractivity contribution is -0.121. The van der Waals surface area contributed by atoms with Gasteiger partial charge in [-0.3, -0.25) is 9.59 Å². The number of carbonyl (C=O) groups excluding carboxylic acids is 1. The number of hydrogen-bond acceptors (Lipinski definition) is 4. The second kappa shape index (κ2) is 5.93. The number of fused-ring (bicyclic) bond motifs is 1. The maximum atomic E-state index is 12.0. The maximum absolute atomic E-state index is 12.0. The van der Waals surface area contributed by atoms with Gasteiger partial charge in [0, 0.05) is 18.3 Å². The molecule has 0 spiro atoms. The molecule has 6 heteroatoms. The number of benzene rings is 1. The van der Waals surface area contributed by atoms with E-state index in [-0.39, 0.29) is 24.8 Å². The molecule has 2 heterocycles. The number of hydrogen-bond donors (Lipinski definition) is 1. The van der Waals surface area contributed by atoms with Gasteiger partial charge in [-0.2, -0.15) is 0 Å². The van der Waals surface area contributed by atoms with Gasteiger partial charge in [-0.15, -0.1) is 0 Å². The van der Waals surface area contributed by atoms with Crippen molar-refractivity contribution in [3.05, 3.63) is 58.0 Å². The zero-order chi connectivity index (χ0) is 15.5. The van der Waals surface area contributed by atoms with Crippen molar-refractivity contribution in [3.63, 3.8) is 0 Å². The van der Waals surface area contributed by atoms with Crippen LogP contribution in [0.15, 0.2) is 41.3 Å². The number of pyridine rings is 1.